The van der Waals surface area contributed by atoms with Gasteiger partial charge in [-0.3, -0.25) is 0 Å². The zero-order valence-corrected chi connectivity index (χ0v) is 26.7. The van der Waals surface area contributed by atoms with Crippen molar-refractivity contribution in [2.24, 2.45) is 5.92 Å². The van der Waals surface area contributed by atoms with E-state index in [4.69, 9.17) is 29.9 Å². The fourth-order valence-electron chi connectivity index (χ4n) is 4.93. The number of halogens is 1. The lowest BCUT2D eigenvalue weighted by molar-refractivity contribution is -0.339. The standard InChI is InChI=1S/C29H45ClO5Si2/c1-10-26-20(3)27(34-36(4,5)6)28(35-37(7,8)9)29(31,33-26)23-14-17-25(30)22(19-23)18-21-12-15-24(16-13-21)32-11-2/h12-17,19-20,26-28,31H,10-11,18H2,1-9H3/t20-,26-,27+,28-,29+/m1/s1. The Kier molecular flexibility index (Phi) is 9.76. The van der Waals surface area contributed by atoms with Gasteiger partial charge in [0.25, 0.3) is 0 Å². The maximum atomic E-state index is 12.4. The largest absolute Gasteiger partial charge is 0.494 e. The highest BCUT2D eigenvalue weighted by molar-refractivity contribution is 6.70. The van der Waals surface area contributed by atoms with Crippen LogP contribution in [-0.2, 0) is 25.8 Å². The van der Waals surface area contributed by atoms with Crippen LogP contribution in [0.15, 0.2) is 42.5 Å². The molecule has 8 heteroatoms. The molecular formula is C29H45ClO5Si2. The van der Waals surface area contributed by atoms with Crippen LogP contribution < -0.4 is 4.74 Å². The lowest BCUT2D eigenvalue weighted by Gasteiger charge is -2.53. The van der Waals surface area contributed by atoms with Crippen molar-refractivity contribution in [2.75, 3.05) is 6.61 Å². The Morgan fingerprint density at radius 1 is 0.946 bits per heavy atom. The molecule has 1 aliphatic heterocycles. The highest BCUT2D eigenvalue weighted by Crippen LogP contribution is 2.45. The molecule has 2 aromatic rings. The molecule has 0 unspecified atom stereocenters. The Balaban J connectivity index is 2.05. The summed E-state index contributed by atoms with van der Waals surface area (Å²) in [5, 5.41) is 13.0. The minimum absolute atomic E-state index is 0.0778. The Labute approximate surface area is 230 Å². The molecule has 1 heterocycles. The van der Waals surface area contributed by atoms with E-state index in [-0.39, 0.29) is 18.1 Å². The molecule has 0 saturated carbocycles. The third-order valence-electron chi connectivity index (χ3n) is 6.58. The van der Waals surface area contributed by atoms with Crippen molar-refractivity contribution >= 4 is 28.2 Å². The average molecular weight is 565 g/mol. The summed E-state index contributed by atoms with van der Waals surface area (Å²) in [4.78, 5) is 0. The number of rotatable bonds is 10. The van der Waals surface area contributed by atoms with Crippen molar-refractivity contribution in [1.82, 2.24) is 0 Å². The second-order valence-corrected chi connectivity index (χ2v) is 21.4. The first-order valence-corrected chi connectivity index (χ1v) is 20.6. The van der Waals surface area contributed by atoms with Crippen LogP contribution in [0.5, 0.6) is 5.75 Å². The number of ether oxygens (including phenoxy) is 2. The van der Waals surface area contributed by atoms with Gasteiger partial charge in [-0.15, -0.1) is 0 Å². The minimum atomic E-state index is -2.09. The van der Waals surface area contributed by atoms with E-state index in [9.17, 15) is 5.11 Å². The first kappa shape index (κ1) is 30.3. The zero-order chi connectivity index (χ0) is 27.6. The van der Waals surface area contributed by atoms with Gasteiger partial charge in [0, 0.05) is 16.5 Å². The molecule has 2 aromatic carbocycles. The van der Waals surface area contributed by atoms with Gasteiger partial charge in [-0.2, -0.15) is 0 Å². The van der Waals surface area contributed by atoms with E-state index in [1.54, 1.807) is 0 Å². The molecule has 1 N–H and O–H groups in total. The summed E-state index contributed by atoms with van der Waals surface area (Å²) in [5.41, 5.74) is 2.67. The van der Waals surface area contributed by atoms with Crippen LogP contribution in [-0.4, -0.2) is 46.7 Å². The van der Waals surface area contributed by atoms with E-state index < -0.39 is 28.5 Å². The summed E-state index contributed by atoms with van der Waals surface area (Å²) < 4.78 is 25.6. The molecule has 0 bridgehead atoms. The van der Waals surface area contributed by atoms with E-state index in [2.05, 4.69) is 53.1 Å². The highest BCUT2D eigenvalue weighted by Gasteiger charge is 2.56. The normalized spacial score (nSPS) is 26.8. The van der Waals surface area contributed by atoms with Gasteiger partial charge < -0.3 is 23.4 Å². The first-order chi connectivity index (χ1) is 17.2. The first-order valence-electron chi connectivity index (χ1n) is 13.4. The summed E-state index contributed by atoms with van der Waals surface area (Å²) in [6.45, 7) is 19.8. The summed E-state index contributed by atoms with van der Waals surface area (Å²) in [5.74, 6) is -0.736. The lowest BCUT2D eigenvalue weighted by atomic mass is 9.82. The zero-order valence-electron chi connectivity index (χ0n) is 23.9. The van der Waals surface area contributed by atoms with E-state index in [1.165, 1.54) is 0 Å². The molecule has 1 aliphatic rings. The molecule has 1 fully saturated rings. The van der Waals surface area contributed by atoms with Gasteiger partial charge in [0.05, 0.1) is 18.8 Å². The van der Waals surface area contributed by atoms with Crippen LogP contribution in [0.4, 0.5) is 0 Å². The fourth-order valence-corrected chi connectivity index (χ4v) is 7.33. The van der Waals surface area contributed by atoms with Crippen LogP contribution in [0.3, 0.4) is 0 Å². The predicted octanol–water partition coefficient (Wildman–Crippen LogP) is 7.36. The van der Waals surface area contributed by atoms with E-state index >= 15 is 0 Å². The van der Waals surface area contributed by atoms with Crippen LogP contribution in [0, 0.1) is 5.92 Å². The number of aliphatic hydroxyl groups is 1. The second kappa shape index (κ2) is 11.9. The highest BCUT2D eigenvalue weighted by atomic mass is 35.5. The van der Waals surface area contributed by atoms with Gasteiger partial charge in [-0.05, 0) is 94.4 Å². The van der Waals surface area contributed by atoms with E-state index in [0.717, 1.165) is 23.3 Å². The molecule has 0 radical (unpaired) electrons. The van der Waals surface area contributed by atoms with Crippen molar-refractivity contribution in [3.05, 3.63) is 64.2 Å². The summed E-state index contributed by atoms with van der Waals surface area (Å²) >= 11 is 6.66. The Morgan fingerprint density at radius 2 is 1.57 bits per heavy atom. The monoisotopic (exact) mass is 564 g/mol. The predicted molar refractivity (Wildman–Crippen MR) is 157 cm³/mol. The third kappa shape index (κ3) is 7.69. The molecule has 0 aliphatic carbocycles. The summed E-state index contributed by atoms with van der Waals surface area (Å²) in [6.07, 6.45) is 0.284. The molecule has 37 heavy (non-hydrogen) atoms. The quantitative estimate of drug-likeness (QED) is 0.305. The maximum absolute atomic E-state index is 12.4. The molecule has 206 valence electrons. The lowest BCUT2D eigenvalue weighted by Crippen LogP contribution is -2.64. The number of hydrogen-bond donors (Lipinski definition) is 1. The van der Waals surface area contributed by atoms with Gasteiger partial charge in [-0.1, -0.05) is 43.6 Å². The van der Waals surface area contributed by atoms with Crippen LogP contribution in [0.25, 0.3) is 0 Å². The number of hydrogen-bond acceptors (Lipinski definition) is 5. The topological polar surface area (TPSA) is 57.2 Å². The Hall–Kier alpha value is -1.20. The van der Waals surface area contributed by atoms with Gasteiger partial charge in [0.2, 0.25) is 5.79 Å². The van der Waals surface area contributed by atoms with Crippen molar-refractivity contribution in [3.63, 3.8) is 0 Å². The van der Waals surface area contributed by atoms with E-state index in [0.29, 0.717) is 23.6 Å². The molecule has 5 atom stereocenters. The van der Waals surface area contributed by atoms with Gasteiger partial charge in [0.15, 0.2) is 16.6 Å². The summed E-state index contributed by atoms with van der Waals surface area (Å²) in [6, 6.07) is 13.7. The molecule has 0 spiro atoms. The summed E-state index contributed by atoms with van der Waals surface area (Å²) in [7, 11) is -4.04. The third-order valence-corrected chi connectivity index (χ3v) is 8.89. The van der Waals surface area contributed by atoms with Crippen LogP contribution in [0.2, 0.25) is 44.3 Å². The molecular weight excluding hydrogens is 520 g/mol. The van der Waals surface area contributed by atoms with Gasteiger partial charge in [0.1, 0.15) is 11.9 Å². The van der Waals surface area contributed by atoms with Crippen LogP contribution in [0.1, 0.15) is 43.9 Å². The van der Waals surface area contributed by atoms with E-state index in [1.807, 2.05) is 49.4 Å². The van der Waals surface area contributed by atoms with Crippen molar-refractivity contribution < 1.29 is 23.4 Å². The Bertz CT molecular complexity index is 1030. The van der Waals surface area contributed by atoms with Crippen molar-refractivity contribution in [2.45, 2.75) is 97.0 Å². The van der Waals surface area contributed by atoms with Crippen molar-refractivity contribution in [3.8, 4) is 5.75 Å². The SMILES string of the molecule is CCOc1ccc(Cc2cc([C@]3(O)O[C@H](CC)[C@@H](C)[C@H](O[Si](C)(C)C)[C@H]3O[Si](C)(C)C)ccc2Cl)cc1. The van der Waals surface area contributed by atoms with Crippen LogP contribution >= 0.6 is 11.6 Å². The maximum Gasteiger partial charge on any atom is 0.221 e. The fraction of sp³-hybridized carbons (Fsp3) is 0.586. The molecule has 0 amide bonds. The van der Waals surface area contributed by atoms with Gasteiger partial charge >= 0.3 is 0 Å². The minimum Gasteiger partial charge on any atom is -0.494 e. The van der Waals surface area contributed by atoms with Crippen molar-refractivity contribution in [1.29, 1.82) is 0 Å². The molecule has 1 saturated heterocycles. The smallest absolute Gasteiger partial charge is 0.221 e. The van der Waals surface area contributed by atoms with Gasteiger partial charge in [-0.25, -0.2) is 0 Å². The Morgan fingerprint density at radius 3 is 2.11 bits per heavy atom. The molecule has 3 rings (SSSR count). The molecule has 0 aromatic heterocycles. The average Bonchev–Trinajstić information content (AvgIpc) is 2.80. The number of benzene rings is 2. The second-order valence-electron chi connectivity index (χ2n) is 12.0. The molecule has 5 nitrogen and oxygen atoms in total.